The number of aryl methyl sites for hydroxylation is 1. The van der Waals surface area contributed by atoms with Crippen LogP contribution in [0.3, 0.4) is 0 Å². The Morgan fingerprint density at radius 3 is 2.53 bits per heavy atom. The first kappa shape index (κ1) is 23.3. The van der Waals surface area contributed by atoms with Gasteiger partial charge in [-0.15, -0.1) is 0 Å². The zero-order chi connectivity index (χ0) is 23.3. The zero-order valence-corrected chi connectivity index (χ0v) is 18.5. The van der Waals surface area contributed by atoms with Gasteiger partial charge in [-0.2, -0.15) is 0 Å². The van der Waals surface area contributed by atoms with E-state index < -0.39 is 30.4 Å². The molecule has 8 nitrogen and oxygen atoms in total. The molecule has 0 saturated carbocycles. The van der Waals surface area contributed by atoms with Gasteiger partial charge in [-0.3, -0.25) is 14.4 Å². The quantitative estimate of drug-likeness (QED) is 0.638. The molecule has 3 rings (SSSR count). The van der Waals surface area contributed by atoms with Crippen LogP contribution in [0.15, 0.2) is 42.5 Å². The maximum absolute atomic E-state index is 12.4. The third kappa shape index (κ3) is 5.64. The van der Waals surface area contributed by atoms with E-state index in [0.717, 1.165) is 5.56 Å². The van der Waals surface area contributed by atoms with Crippen LogP contribution in [0.2, 0.25) is 5.02 Å². The number of nitrogens with zero attached hydrogens (tertiary/aromatic N) is 1. The summed E-state index contributed by atoms with van der Waals surface area (Å²) in [6, 6.07) is 11.5. The smallest absolute Gasteiger partial charge is 0.338 e. The summed E-state index contributed by atoms with van der Waals surface area (Å²) in [4.78, 5) is 50.1. The molecule has 2 amide bonds. The Morgan fingerprint density at radius 1 is 1.12 bits per heavy atom. The van der Waals surface area contributed by atoms with Crippen molar-refractivity contribution in [3.63, 3.8) is 0 Å². The summed E-state index contributed by atoms with van der Waals surface area (Å²) < 4.78 is 10.1. The van der Waals surface area contributed by atoms with E-state index in [2.05, 4.69) is 5.32 Å². The molecule has 1 aliphatic heterocycles. The SMILES string of the molecule is CCOC(=O)c1ccc(N2C[C@@H](C(=O)OCC(=O)Nc3cc(Cl)ccc3C)CC2=O)cc1. The summed E-state index contributed by atoms with van der Waals surface area (Å²) in [6.07, 6.45) is -0.0204. The first-order valence-electron chi connectivity index (χ1n) is 10.1. The molecule has 0 spiro atoms. The van der Waals surface area contributed by atoms with Gasteiger partial charge in [0.2, 0.25) is 5.91 Å². The van der Waals surface area contributed by atoms with Crippen LogP contribution in [0.1, 0.15) is 29.3 Å². The summed E-state index contributed by atoms with van der Waals surface area (Å²) in [6.45, 7) is 3.47. The van der Waals surface area contributed by atoms with Gasteiger partial charge >= 0.3 is 11.9 Å². The van der Waals surface area contributed by atoms with Crippen LogP contribution in [0.5, 0.6) is 0 Å². The molecule has 32 heavy (non-hydrogen) atoms. The number of hydrogen-bond acceptors (Lipinski definition) is 6. The predicted octanol–water partition coefficient (Wildman–Crippen LogP) is 3.36. The molecule has 0 radical (unpaired) electrons. The number of amides is 2. The number of halogens is 1. The maximum Gasteiger partial charge on any atom is 0.338 e. The van der Waals surface area contributed by atoms with Crippen LogP contribution in [-0.2, 0) is 23.9 Å². The second-order valence-corrected chi connectivity index (χ2v) is 7.72. The molecule has 1 N–H and O–H groups in total. The highest BCUT2D eigenvalue weighted by Crippen LogP contribution is 2.26. The molecular weight excluding hydrogens is 436 g/mol. The third-order valence-corrected chi connectivity index (χ3v) is 5.20. The van der Waals surface area contributed by atoms with Crippen LogP contribution in [0, 0.1) is 12.8 Å². The molecule has 0 aliphatic carbocycles. The van der Waals surface area contributed by atoms with Crippen molar-refractivity contribution in [2.45, 2.75) is 20.3 Å². The Kier molecular flexibility index (Phi) is 7.48. The molecule has 9 heteroatoms. The van der Waals surface area contributed by atoms with E-state index in [9.17, 15) is 19.2 Å². The Morgan fingerprint density at radius 2 is 1.84 bits per heavy atom. The molecule has 2 aromatic carbocycles. The number of ether oxygens (including phenoxy) is 2. The van der Waals surface area contributed by atoms with Crippen molar-refractivity contribution in [3.05, 3.63) is 58.6 Å². The summed E-state index contributed by atoms with van der Waals surface area (Å²) in [5.41, 5.74) is 2.29. The fraction of sp³-hybridized carbons (Fsp3) is 0.304. The standard InChI is InChI=1S/C23H23ClN2O6/c1-3-31-22(29)15-5-8-18(9-6-15)26-12-16(10-21(26)28)23(30)32-13-20(27)25-19-11-17(24)7-4-14(19)2/h4-9,11,16H,3,10,12-13H2,1-2H3,(H,25,27)/t16-/m0/s1. The molecule has 1 atom stereocenters. The summed E-state index contributed by atoms with van der Waals surface area (Å²) >= 11 is 5.93. The molecule has 0 aromatic heterocycles. The average Bonchev–Trinajstić information content (AvgIpc) is 3.16. The number of hydrogen-bond donors (Lipinski definition) is 1. The molecular formula is C23H23ClN2O6. The van der Waals surface area contributed by atoms with E-state index >= 15 is 0 Å². The summed E-state index contributed by atoms with van der Waals surface area (Å²) in [5, 5.41) is 3.12. The number of nitrogens with one attached hydrogen (secondary N) is 1. The highest BCUT2D eigenvalue weighted by Gasteiger charge is 2.36. The molecule has 0 unspecified atom stereocenters. The Bertz CT molecular complexity index is 1040. The van der Waals surface area contributed by atoms with Gasteiger partial charge in [0.15, 0.2) is 6.61 Å². The van der Waals surface area contributed by atoms with Crippen molar-refractivity contribution >= 4 is 46.7 Å². The number of benzene rings is 2. The number of esters is 2. The predicted molar refractivity (Wildman–Crippen MR) is 119 cm³/mol. The van der Waals surface area contributed by atoms with Gasteiger partial charge in [-0.1, -0.05) is 17.7 Å². The second kappa shape index (κ2) is 10.3. The third-order valence-electron chi connectivity index (χ3n) is 4.97. The summed E-state index contributed by atoms with van der Waals surface area (Å²) in [5.74, 6) is -2.50. The minimum absolute atomic E-state index is 0.0204. The molecule has 168 valence electrons. The van der Waals surface area contributed by atoms with Gasteiger partial charge in [-0.25, -0.2) is 4.79 Å². The normalized spacial score (nSPS) is 15.4. The second-order valence-electron chi connectivity index (χ2n) is 7.29. The number of carbonyl (C=O) groups is 4. The monoisotopic (exact) mass is 458 g/mol. The van der Waals surface area contributed by atoms with Crippen molar-refractivity contribution in [1.29, 1.82) is 0 Å². The maximum atomic E-state index is 12.4. The number of rotatable bonds is 7. The van der Waals surface area contributed by atoms with E-state index in [-0.39, 0.29) is 25.5 Å². The summed E-state index contributed by atoms with van der Waals surface area (Å²) in [7, 11) is 0. The first-order valence-corrected chi connectivity index (χ1v) is 10.5. The lowest BCUT2D eigenvalue weighted by molar-refractivity contribution is -0.151. The number of carbonyl (C=O) groups excluding carboxylic acids is 4. The van der Waals surface area contributed by atoms with Gasteiger partial charge in [0.25, 0.3) is 5.91 Å². The Hall–Kier alpha value is -3.39. The van der Waals surface area contributed by atoms with Crippen molar-refractivity contribution < 1.29 is 28.7 Å². The average molecular weight is 459 g/mol. The van der Waals surface area contributed by atoms with Crippen molar-refractivity contribution in [3.8, 4) is 0 Å². The minimum Gasteiger partial charge on any atom is -0.462 e. The lowest BCUT2D eigenvalue weighted by atomic mass is 10.1. The Labute approximate surface area is 190 Å². The van der Waals surface area contributed by atoms with Crippen LogP contribution in [0.25, 0.3) is 0 Å². The van der Waals surface area contributed by atoms with Crippen molar-refractivity contribution in [1.82, 2.24) is 0 Å². The highest BCUT2D eigenvalue weighted by atomic mass is 35.5. The molecule has 1 heterocycles. The van der Waals surface area contributed by atoms with Gasteiger partial charge in [0, 0.05) is 29.4 Å². The molecule has 1 saturated heterocycles. The van der Waals surface area contributed by atoms with Crippen LogP contribution >= 0.6 is 11.6 Å². The van der Waals surface area contributed by atoms with E-state index in [0.29, 0.717) is 22.0 Å². The molecule has 1 fully saturated rings. The fourth-order valence-electron chi connectivity index (χ4n) is 3.28. The van der Waals surface area contributed by atoms with Gasteiger partial charge < -0.3 is 19.7 Å². The first-order chi connectivity index (χ1) is 15.3. The van der Waals surface area contributed by atoms with Gasteiger partial charge in [0.1, 0.15) is 0 Å². The fourth-order valence-corrected chi connectivity index (χ4v) is 3.45. The van der Waals surface area contributed by atoms with Crippen LogP contribution in [0.4, 0.5) is 11.4 Å². The number of anilines is 2. The lowest BCUT2D eigenvalue weighted by Gasteiger charge is -2.17. The molecule has 0 bridgehead atoms. The van der Waals surface area contributed by atoms with E-state index in [1.165, 1.54) is 4.90 Å². The lowest BCUT2D eigenvalue weighted by Crippen LogP contribution is -2.28. The van der Waals surface area contributed by atoms with E-state index in [1.54, 1.807) is 49.4 Å². The van der Waals surface area contributed by atoms with Gasteiger partial charge in [0.05, 0.1) is 18.1 Å². The Balaban J connectivity index is 1.54. The molecule has 1 aliphatic rings. The largest absolute Gasteiger partial charge is 0.462 e. The highest BCUT2D eigenvalue weighted by molar-refractivity contribution is 6.31. The van der Waals surface area contributed by atoms with Crippen molar-refractivity contribution in [2.24, 2.45) is 5.92 Å². The topological polar surface area (TPSA) is 102 Å². The van der Waals surface area contributed by atoms with Crippen molar-refractivity contribution in [2.75, 3.05) is 30.0 Å². The van der Waals surface area contributed by atoms with Crippen LogP contribution < -0.4 is 10.2 Å². The molecule has 2 aromatic rings. The minimum atomic E-state index is -0.687. The van der Waals surface area contributed by atoms with E-state index in [1.807, 2.05) is 6.92 Å². The van der Waals surface area contributed by atoms with Crippen LogP contribution in [-0.4, -0.2) is 43.5 Å². The zero-order valence-electron chi connectivity index (χ0n) is 17.7. The van der Waals surface area contributed by atoms with E-state index in [4.69, 9.17) is 21.1 Å². The van der Waals surface area contributed by atoms with Gasteiger partial charge in [-0.05, 0) is 55.8 Å².